The quantitative estimate of drug-likeness (QED) is 0.783. The van der Waals surface area contributed by atoms with E-state index in [1.54, 1.807) is 19.2 Å². The van der Waals surface area contributed by atoms with E-state index in [4.69, 9.17) is 4.74 Å². The maximum Gasteiger partial charge on any atom is 0.270 e. The minimum Gasteiger partial charge on any atom is -0.481 e. The van der Waals surface area contributed by atoms with Crippen LogP contribution in [0.4, 0.5) is 5.69 Å². The number of pyridine rings is 2. The lowest BCUT2D eigenvalue weighted by Gasteiger charge is -2.36. The van der Waals surface area contributed by atoms with Crippen LogP contribution in [0.15, 0.2) is 36.7 Å². The molecule has 3 aromatic heterocycles. The fourth-order valence-corrected chi connectivity index (χ4v) is 3.36. The molecular formula is C19H21N5O2. The minimum absolute atomic E-state index is 0.00747. The number of aryl methyl sites for hydroxylation is 1. The molecule has 7 heteroatoms. The zero-order valence-corrected chi connectivity index (χ0v) is 14.9. The zero-order chi connectivity index (χ0) is 18.1. The Kier molecular flexibility index (Phi) is 4.20. The molecule has 1 aliphatic heterocycles. The Morgan fingerprint density at radius 2 is 2.00 bits per heavy atom. The van der Waals surface area contributed by atoms with Crippen molar-refractivity contribution in [3.8, 4) is 5.88 Å². The molecule has 0 unspecified atom stereocenters. The molecular weight excluding hydrogens is 330 g/mol. The van der Waals surface area contributed by atoms with Crippen molar-refractivity contribution in [1.82, 2.24) is 19.9 Å². The molecule has 0 atom stereocenters. The van der Waals surface area contributed by atoms with E-state index in [-0.39, 0.29) is 5.91 Å². The van der Waals surface area contributed by atoms with E-state index in [2.05, 4.69) is 26.8 Å². The number of hydrogen-bond acceptors (Lipinski definition) is 5. The summed E-state index contributed by atoms with van der Waals surface area (Å²) in [6.45, 7) is 5.05. The maximum absolute atomic E-state index is 12.8. The molecule has 0 aromatic carbocycles. The topological polar surface area (TPSA) is 74.4 Å². The van der Waals surface area contributed by atoms with Crippen LogP contribution in [0.1, 0.15) is 16.1 Å². The van der Waals surface area contributed by atoms with Gasteiger partial charge in [-0.2, -0.15) is 0 Å². The van der Waals surface area contributed by atoms with Gasteiger partial charge in [-0.25, -0.2) is 4.98 Å². The number of nitrogens with one attached hydrogen (secondary N) is 1. The van der Waals surface area contributed by atoms with Crippen LogP contribution < -0.4 is 9.64 Å². The normalized spacial score (nSPS) is 14.7. The van der Waals surface area contributed by atoms with Crippen molar-refractivity contribution in [2.24, 2.45) is 0 Å². The number of ether oxygens (including phenoxy) is 1. The summed E-state index contributed by atoms with van der Waals surface area (Å²) in [7, 11) is 1.58. The molecule has 1 aliphatic rings. The first kappa shape index (κ1) is 16.4. The third kappa shape index (κ3) is 2.96. The van der Waals surface area contributed by atoms with Crippen molar-refractivity contribution in [2.75, 3.05) is 38.2 Å². The van der Waals surface area contributed by atoms with Gasteiger partial charge >= 0.3 is 0 Å². The van der Waals surface area contributed by atoms with Crippen molar-refractivity contribution in [3.05, 3.63) is 47.9 Å². The first-order valence-electron chi connectivity index (χ1n) is 8.64. The molecule has 4 heterocycles. The molecule has 0 aliphatic carbocycles. The molecule has 1 fully saturated rings. The van der Waals surface area contributed by atoms with Crippen LogP contribution in [0.3, 0.4) is 0 Å². The van der Waals surface area contributed by atoms with Crippen LogP contribution in [0, 0.1) is 6.92 Å². The summed E-state index contributed by atoms with van der Waals surface area (Å²) < 4.78 is 5.14. The smallest absolute Gasteiger partial charge is 0.270 e. The number of methoxy groups -OCH3 is 1. The minimum atomic E-state index is 0.00747. The first-order chi connectivity index (χ1) is 12.7. The number of piperazine rings is 1. The van der Waals surface area contributed by atoms with Gasteiger partial charge in [0.05, 0.1) is 18.1 Å². The van der Waals surface area contributed by atoms with Crippen LogP contribution in [0.2, 0.25) is 0 Å². The highest BCUT2D eigenvalue weighted by Crippen LogP contribution is 2.22. The molecule has 0 radical (unpaired) electrons. The van der Waals surface area contributed by atoms with Gasteiger partial charge in [0.25, 0.3) is 5.91 Å². The average molecular weight is 351 g/mol. The third-order valence-corrected chi connectivity index (χ3v) is 4.79. The Balaban J connectivity index is 1.47. The molecule has 1 saturated heterocycles. The molecule has 0 bridgehead atoms. The van der Waals surface area contributed by atoms with E-state index < -0.39 is 0 Å². The number of carbonyl (C=O) groups is 1. The number of anilines is 1. The molecule has 0 saturated carbocycles. The summed E-state index contributed by atoms with van der Waals surface area (Å²) in [6, 6.07) is 7.48. The molecule has 3 aromatic rings. The fraction of sp³-hybridized carbons (Fsp3) is 0.316. The predicted octanol–water partition coefficient (Wildman–Crippen LogP) is 2.24. The SMILES string of the molecule is COc1ccc2[nH]c(C(=O)N3CCN(c4ccncc4C)CC3)cc2n1. The Hall–Kier alpha value is -3.09. The van der Waals surface area contributed by atoms with Gasteiger partial charge in [0, 0.05) is 50.3 Å². The standard InChI is InChI=1S/C19H21N5O2/c1-13-12-20-6-5-17(13)23-7-9-24(10-8-23)19(25)16-11-15-14(21-16)3-4-18(22-15)26-2/h3-6,11-12,21H,7-10H2,1-2H3. The predicted molar refractivity (Wildman–Crippen MR) is 99.7 cm³/mol. The third-order valence-electron chi connectivity index (χ3n) is 4.79. The summed E-state index contributed by atoms with van der Waals surface area (Å²) in [4.78, 5) is 28.7. The summed E-state index contributed by atoms with van der Waals surface area (Å²) in [5.41, 5.74) is 4.48. The zero-order valence-electron chi connectivity index (χ0n) is 14.9. The number of fused-ring (bicyclic) bond motifs is 1. The number of rotatable bonds is 3. The number of aromatic nitrogens is 3. The molecule has 4 rings (SSSR count). The Morgan fingerprint density at radius 1 is 1.19 bits per heavy atom. The number of H-pyrrole nitrogens is 1. The second-order valence-corrected chi connectivity index (χ2v) is 6.41. The summed E-state index contributed by atoms with van der Waals surface area (Å²) >= 11 is 0. The van der Waals surface area contributed by atoms with Crippen molar-refractivity contribution < 1.29 is 9.53 Å². The summed E-state index contributed by atoms with van der Waals surface area (Å²) in [6.07, 6.45) is 3.68. The van der Waals surface area contributed by atoms with Gasteiger partial charge in [-0.15, -0.1) is 0 Å². The summed E-state index contributed by atoms with van der Waals surface area (Å²) in [5.74, 6) is 0.546. The van der Waals surface area contributed by atoms with Gasteiger partial charge < -0.3 is 19.5 Å². The molecule has 7 nitrogen and oxygen atoms in total. The molecule has 1 amide bonds. The van der Waals surface area contributed by atoms with Crippen molar-refractivity contribution in [3.63, 3.8) is 0 Å². The molecule has 1 N–H and O–H groups in total. The van der Waals surface area contributed by atoms with Crippen LogP contribution in [-0.2, 0) is 0 Å². The van der Waals surface area contributed by atoms with Gasteiger partial charge in [-0.1, -0.05) is 0 Å². The Bertz CT molecular complexity index is 944. The highest BCUT2D eigenvalue weighted by molar-refractivity contribution is 5.97. The van der Waals surface area contributed by atoms with E-state index in [1.165, 1.54) is 5.69 Å². The van der Waals surface area contributed by atoms with Crippen LogP contribution in [0.5, 0.6) is 5.88 Å². The number of nitrogens with zero attached hydrogens (tertiary/aromatic N) is 4. The molecule has 26 heavy (non-hydrogen) atoms. The second kappa shape index (κ2) is 6.67. The van der Waals surface area contributed by atoms with E-state index in [9.17, 15) is 4.79 Å². The fourth-order valence-electron chi connectivity index (χ4n) is 3.36. The van der Waals surface area contributed by atoms with Crippen LogP contribution >= 0.6 is 0 Å². The van der Waals surface area contributed by atoms with Gasteiger partial charge in [0.15, 0.2) is 0 Å². The highest BCUT2D eigenvalue weighted by Gasteiger charge is 2.24. The highest BCUT2D eigenvalue weighted by atomic mass is 16.5. The molecule has 134 valence electrons. The van der Waals surface area contributed by atoms with Crippen molar-refractivity contribution in [2.45, 2.75) is 6.92 Å². The lowest BCUT2D eigenvalue weighted by Crippen LogP contribution is -2.49. The van der Waals surface area contributed by atoms with E-state index in [0.29, 0.717) is 24.7 Å². The van der Waals surface area contributed by atoms with Gasteiger partial charge in [-0.3, -0.25) is 9.78 Å². The Morgan fingerprint density at radius 3 is 2.73 bits per heavy atom. The molecule has 0 spiro atoms. The number of amides is 1. The number of hydrogen-bond donors (Lipinski definition) is 1. The van der Waals surface area contributed by atoms with Gasteiger partial charge in [-0.05, 0) is 30.7 Å². The lowest BCUT2D eigenvalue weighted by atomic mass is 10.2. The van der Waals surface area contributed by atoms with Gasteiger partial charge in [0.2, 0.25) is 5.88 Å². The second-order valence-electron chi connectivity index (χ2n) is 6.41. The maximum atomic E-state index is 12.8. The lowest BCUT2D eigenvalue weighted by molar-refractivity contribution is 0.0742. The number of aromatic amines is 1. The van der Waals surface area contributed by atoms with Gasteiger partial charge in [0.1, 0.15) is 5.69 Å². The van der Waals surface area contributed by atoms with E-state index in [0.717, 1.165) is 29.7 Å². The number of carbonyl (C=O) groups excluding carboxylic acids is 1. The first-order valence-corrected chi connectivity index (χ1v) is 8.64. The van der Waals surface area contributed by atoms with Crippen molar-refractivity contribution in [1.29, 1.82) is 0 Å². The monoisotopic (exact) mass is 351 g/mol. The van der Waals surface area contributed by atoms with Crippen LogP contribution in [-0.4, -0.2) is 59.0 Å². The Labute approximate surface area is 151 Å². The average Bonchev–Trinajstić information content (AvgIpc) is 3.11. The summed E-state index contributed by atoms with van der Waals surface area (Å²) in [5, 5.41) is 0. The van der Waals surface area contributed by atoms with Crippen LogP contribution in [0.25, 0.3) is 11.0 Å². The van der Waals surface area contributed by atoms with E-state index >= 15 is 0 Å². The largest absolute Gasteiger partial charge is 0.481 e. The van der Waals surface area contributed by atoms with Crippen molar-refractivity contribution >= 4 is 22.6 Å². The van der Waals surface area contributed by atoms with E-state index in [1.807, 2.05) is 29.4 Å².